The lowest BCUT2D eigenvalue weighted by Gasteiger charge is -2.22. The largest absolute Gasteiger partial charge is 0.507 e. The van der Waals surface area contributed by atoms with Crippen LogP contribution >= 0.6 is 0 Å². The molecule has 0 aliphatic carbocycles. The van der Waals surface area contributed by atoms with Gasteiger partial charge in [0, 0.05) is 23.8 Å². The van der Waals surface area contributed by atoms with E-state index in [2.05, 4.69) is 5.16 Å². The number of non-ortho nitro benzene ring substituents is 1. The van der Waals surface area contributed by atoms with Crippen LogP contribution in [0.25, 0.3) is 5.76 Å². The number of aryl methyl sites for hydroxylation is 1. The minimum atomic E-state index is -1.21. The van der Waals surface area contributed by atoms with Crippen molar-refractivity contribution in [3.8, 4) is 0 Å². The zero-order valence-corrected chi connectivity index (χ0v) is 16.0. The zero-order chi connectivity index (χ0) is 22.3. The zero-order valence-electron chi connectivity index (χ0n) is 16.0. The molecule has 2 aromatic carbocycles. The minimum Gasteiger partial charge on any atom is -0.507 e. The third-order valence-corrected chi connectivity index (χ3v) is 4.82. The van der Waals surface area contributed by atoms with Gasteiger partial charge in [-0.25, -0.2) is 4.39 Å². The molecule has 1 aromatic heterocycles. The maximum Gasteiger partial charge on any atom is 0.301 e. The quantitative estimate of drug-likeness (QED) is 0.223. The molecule has 1 aliphatic rings. The molecule has 0 bridgehead atoms. The maximum atomic E-state index is 13.3. The highest BCUT2D eigenvalue weighted by Gasteiger charge is 2.48. The van der Waals surface area contributed by atoms with E-state index >= 15 is 0 Å². The Morgan fingerprint density at radius 2 is 1.90 bits per heavy atom. The van der Waals surface area contributed by atoms with Gasteiger partial charge in [-0.3, -0.25) is 24.6 Å². The number of Topliss-reactive ketones (excluding diaryl/α,β-unsaturated/α-hetero) is 1. The molecule has 10 heteroatoms. The summed E-state index contributed by atoms with van der Waals surface area (Å²) in [5.41, 5.74) is -0.261. The maximum absolute atomic E-state index is 13.3. The van der Waals surface area contributed by atoms with E-state index in [9.17, 15) is 29.2 Å². The van der Waals surface area contributed by atoms with Gasteiger partial charge in [0.2, 0.25) is 0 Å². The number of nitrogens with zero attached hydrogens (tertiary/aromatic N) is 3. The van der Waals surface area contributed by atoms with Gasteiger partial charge in [-0.05, 0) is 36.8 Å². The number of hydrogen-bond acceptors (Lipinski definition) is 7. The summed E-state index contributed by atoms with van der Waals surface area (Å²) in [6, 6.07) is 10.3. The number of carbonyl (C=O) groups excluding carboxylic acids is 2. The van der Waals surface area contributed by atoms with Crippen LogP contribution in [0.4, 0.5) is 15.9 Å². The molecule has 1 amide bonds. The normalized spacial score (nSPS) is 17.9. The molecule has 1 N–H and O–H groups in total. The number of aliphatic hydroxyl groups excluding tert-OH is 1. The highest BCUT2D eigenvalue weighted by Crippen LogP contribution is 2.42. The monoisotopic (exact) mass is 423 g/mol. The molecule has 3 aromatic rings. The Hall–Kier alpha value is -4.34. The number of nitro benzene ring substituents is 1. The van der Waals surface area contributed by atoms with E-state index in [-0.39, 0.29) is 28.2 Å². The van der Waals surface area contributed by atoms with E-state index in [0.29, 0.717) is 5.76 Å². The topological polar surface area (TPSA) is 127 Å². The second-order valence-corrected chi connectivity index (χ2v) is 6.82. The molecule has 9 nitrogen and oxygen atoms in total. The Labute approximate surface area is 174 Å². The Balaban J connectivity index is 1.96. The van der Waals surface area contributed by atoms with Crippen LogP contribution in [0.5, 0.6) is 0 Å². The van der Waals surface area contributed by atoms with Crippen molar-refractivity contribution < 1.29 is 28.5 Å². The average Bonchev–Trinajstić information content (AvgIpc) is 3.29. The summed E-state index contributed by atoms with van der Waals surface area (Å²) in [5.74, 6) is -2.72. The van der Waals surface area contributed by atoms with E-state index in [1.165, 1.54) is 42.5 Å². The number of amides is 1. The second-order valence-electron chi connectivity index (χ2n) is 6.82. The summed E-state index contributed by atoms with van der Waals surface area (Å²) in [6.45, 7) is 1.59. The Bertz CT molecular complexity index is 1250. The molecule has 1 aliphatic heterocycles. The van der Waals surface area contributed by atoms with Crippen LogP contribution in [0.2, 0.25) is 0 Å². The minimum absolute atomic E-state index is 0.00858. The Morgan fingerprint density at radius 3 is 2.52 bits per heavy atom. The highest BCUT2D eigenvalue weighted by molar-refractivity contribution is 6.51. The van der Waals surface area contributed by atoms with Crippen molar-refractivity contribution in [2.45, 2.75) is 13.0 Å². The van der Waals surface area contributed by atoms with E-state index < -0.39 is 34.2 Å². The molecule has 0 saturated carbocycles. The van der Waals surface area contributed by atoms with Gasteiger partial charge in [0.25, 0.3) is 11.5 Å². The number of rotatable bonds is 4. The first-order chi connectivity index (χ1) is 14.8. The number of nitro groups is 1. The molecule has 156 valence electrons. The van der Waals surface area contributed by atoms with Crippen LogP contribution in [0.15, 0.2) is 64.7 Å². The van der Waals surface area contributed by atoms with Gasteiger partial charge in [0.15, 0.2) is 5.82 Å². The Morgan fingerprint density at radius 1 is 1.19 bits per heavy atom. The van der Waals surface area contributed by atoms with Crippen LogP contribution in [-0.4, -0.2) is 26.9 Å². The second kappa shape index (κ2) is 7.48. The summed E-state index contributed by atoms with van der Waals surface area (Å²) in [4.78, 5) is 37.4. The van der Waals surface area contributed by atoms with Crippen LogP contribution in [0.3, 0.4) is 0 Å². The number of hydrogen-bond donors (Lipinski definition) is 1. The average molecular weight is 423 g/mol. The van der Waals surface area contributed by atoms with Crippen LogP contribution in [0.1, 0.15) is 22.9 Å². The SMILES string of the molecule is Cc1cc(N2C(=O)C(=O)/C(=C(\O)c3ccc(F)cc3)C2c2cccc([N+](=O)[O-])c2)no1. The van der Waals surface area contributed by atoms with Crippen LogP contribution < -0.4 is 4.90 Å². The number of anilines is 1. The smallest absolute Gasteiger partial charge is 0.301 e. The van der Waals surface area contributed by atoms with Crippen molar-refractivity contribution in [2.24, 2.45) is 0 Å². The fourth-order valence-corrected chi connectivity index (χ4v) is 3.42. The molecular formula is C21H14FN3O6. The molecule has 0 radical (unpaired) electrons. The van der Waals surface area contributed by atoms with Gasteiger partial charge >= 0.3 is 5.91 Å². The van der Waals surface area contributed by atoms with Gasteiger partial charge in [0.05, 0.1) is 16.5 Å². The van der Waals surface area contributed by atoms with E-state index in [1.54, 1.807) is 6.92 Å². The number of aromatic nitrogens is 1. The number of aliphatic hydroxyl groups is 1. The standard InChI is InChI=1S/C21H14FN3O6/c1-11-9-16(23-31-11)24-18(13-3-2-4-15(10-13)25(29)30)17(20(27)21(24)28)19(26)12-5-7-14(22)8-6-12/h2-10,18,26H,1H3/b19-17-. The fourth-order valence-electron chi connectivity index (χ4n) is 3.42. The highest BCUT2D eigenvalue weighted by atomic mass is 19.1. The van der Waals surface area contributed by atoms with Crippen molar-refractivity contribution in [3.63, 3.8) is 0 Å². The molecule has 2 heterocycles. The molecule has 31 heavy (non-hydrogen) atoms. The summed E-state index contributed by atoms with van der Waals surface area (Å²) in [5, 5.41) is 25.9. The predicted molar refractivity (Wildman–Crippen MR) is 106 cm³/mol. The molecule has 4 rings (SSSR count). The van der Waals surface area contributed by atoms with E-state index in [1.807, 2.05) is 0 Å². The first-order valence-electron chi connectivity index (χ1n) is 9.02. The van der Waals surface area contributed by atoms with Gasteiger partial charge in [0.1, 0.15) is 17.3 Å². The van der Waals surface area contributed by atoms with Crippen molar-refractivity contribution in [3.05, 3.63) is 93.0 Å². The first kappa shape index (κ1) is 20.0. The van der Waals surface area contributed by atoms with Gasteiger partial charge in [-0.1, -0.05) is 17.3 Å². The lowest BCUT2D eigenvalue weighted by molar-refractivity contribution is -0.384. The molecule has 1 saturated heterocycles. The van der Waals surface area contributed by atoms with Gasteiger partial charge < -0.3 is 9.63 Å². The Kier molecular flexibility index (Phi) is 4.82. The molecule has 1 fully saturated rings. The van der Waals surface area contributed by atoms with Gasteiger partial charge in [-0.15, -0.1) is 0 Å². The summed E-state index contributed by atoms with van der Waals surface area (Å²) in [6.07, 6.45) is 0. The number of halogens is 1. The van der Waals surface area contributed by atoms with Crippen molar-refractivity contribution >= 4 is 29.0 Å². The van der Waals surface area contributed by atoms with Gasteiger partial charge in [-0.2, -0.15) is 0 Å². The van der Waals surface area contributed by atoms with Crippen LogP contribution in [-0.2, 0) is 9.59 Å². The predicted octanol–water partition coefficient (Wildman–Crippen LogP) is 3.66. The lowest BCUT2D eigenvalue weighted by atomic mass is 9.95. The van der Waals surface area contributed by atoms with Crippen molar-refractivity contribution in [1.82, 2.24) is 5.16 Å². The number of carbonyl (C=O) groups is 2. The third kappa shape index (κ3) is 3.44. The van der Waals surface area contributed by atoms with Crippen molar-refractivity contribution in [1.29, 1.82) is 0 Å². The summed E-state index contributed by atoms with van der Waals surface area (Å²) in [7, 11) is 0. The van der Waals surface area contributed by atoms with E-state index in [0.717, 1.165) is 17.0 Å². The summed E-state index contributed by atoms with van der Waals surface area (Å²) >= 11 is 0. The number of ketones is 1. The number of benzene rings is 2. The third-order valence-electron chi connectivity index (χ3n) is 4.82. The van der Waals surface area contributed by atoms with E-state index in [4.69, 9.17) is 4.52 Å². The molecule has 1 atom stereocenters. The summed E-state index contributed by atoms with van der Waals surface area (Å²) < 4.78 is 18.3. The first-order valence-corrected chi connectivity index (χ1v) is 9.02. The lowest BCUT2D eigenvalue weighted by Crippen LogP contribution is -2.29. The fraction of sp³-hybridized carbons (Fsp3) is 0.0952. The molecular weight excluding hydrogens is 409 g/mol. The molecule has 0 spiro atoms. The van der Waals surface area contributed by atoms with Crippen LogP contribution in [0, 0.1) is 22.9 Å². The molecule has 1 unspecified atom stereocenters. The van der Waals surface area contributed by atoms with Crippen molar-refractivity contribution in [2.75, 3.05) is 4.90 Å².